The van der Waals surface area contributed by atoms with Gasteiger partial charge in [-0.05, 0) is 30.3 Å². The number of halogens is 1. The van der Waals surface area contributed by atoms with Crippen molar-refractivity contribution in [1.82, 2.24) is 19.6 Å². The van der Waals surface area contributed by atoms with Gasteiger partial charge in [-0.3, -0.25) is 14.3 Å². The highest BCUT2D eigenvalue weighted by atomic mass is 35.5. The molecule has 4 rings (SSSR count). The third-order valence-corrected chi connectivity index (χ3v) is 6.03. The molecule has 0 saturated carbocycles. The molecule has 1 aromatic heterocycles. The molecule has 0 bridgehead atoms. The Labute approximate surface area is 186 Å². The normalized spacial score (nSPS) is 21.7. The monoisotopic (exact) mass is 446 g/mol. The Balaban J connectivity index is 1.44. The summed E-state index contributed by atoms with van der Waals surface area (Å²) in [4.78, 5) is 29.4. The van der Waals surface area contributed by atoms with Gasteiger partial charge in [0.15, 0.2) is 0 Å². The number of piperidine rings is 1. The van der Waals surface area contributed by atoms with Crippen molar-refractivity contribution in [1.29, 1.82) is 0 Å². The van der Waals surface area contributed by atoms with Gasteiger partial charge >= 0.3 is 0 Å². The van der Waals surface area contributed by atoms with Crippen LogP contribution in [0, 0.1) is 5.92 Å². The zero-order valence-corrected chi connectivity index (χ0v) is 18.1. The Hall–Kier alpha value is -2.58. The third-order valence-electron chi connectivity index (χ3n) is 5.78. The van der Waals surface area contributed by atoms with Crippen molar-refractivity contribution >= 4 is 23.4 Å². The first-order chi connectivity index (χ1) is 15.1. The molecular weight excluding hydrogens is 420 g/mol. The summed E-state index contributed by atoms with van der Waals surface area (Å²) in [6.45, 7) is 3.60. The molecule has 2 fully saturated rings. The van der Waals surface area contributed by atoms with Crippen LogP contribution in [-0.4, -0.2) is 76.9 Å². The van der Waals surface area contributed by atoms with Crippen LogP contribution in [-0.2, 0) is 20.9 Å². The van der Waals surface area contributed by atoms with Gasteiger partial charge in [0.2, 0.25) is 11.8 Å². The van der Waals surface area contributed by atoms with Gasteiger partial charge in [0.25, 0.3) is 0 Å². The van der Waals surface area contributed by atoms with Crippen molar-refractivity contribution in [3.8, 4) is 5.75 Å². The number of carbonyl (C=O) groups is 2. The summed E-state index contributed by atoms with van der Waals surface area (Å²) < 4.78 is 13.2. The average Bonchev–Trinajstić information content (AvgIpc) is 3.30. The van der Waals surface area contributed by atoms with E-state index in [-0.39, 0.29) is 30.4 Å². The van der Waals surface area contributed by atoms with Gasteiger partial charge in [0.05, 0.1) is 13.2 Å². The number of benzene rings is 1. The Bertz CT molecular complexity index is 868. The number of morpholine rings is 1. The van der Waals surface area contributed by atoms with Crippen molar-refractivity contribution in [3.05, 3.63) is 47.7 Å². The molecule has 2 aromatic rings. The van der Waals surface area contributed by atoms with E-state index in [9.17, 15) is 9.59 Å². The van der Waals surface area contributed by atoms with Gasteiger partial charge in [0.1, 0.15) is 18.4 Å². The van der Waals surface area contributed by atoms with Crippen molar-refractivity contribution in [2.75, 3.05) is 39.4 Å². The van der Waals surface area contributed by atoms with Crippen molar-refractivity contribution in [2.45, 2.75) is 25.5 Å². The third kappa shape index (κ3) is 5.77. The van der Waals surface area contributed by atoms with E-state index in [1.165, 1.54) is 0 Å². The fourth-order valence-corrected chi connectivity index (χ4v) is 4.20. The van der Waals surface area contributed by atoms with Crippen LogP contribution in [0.3, 0.4) is 0 Å². The zero-order chi connectivity index (χ0) is 21.6. The van der Waals surface area contributed by atoms with Crippen molar-refractivity contribution in [3.63, 3.8) is 0 Å². The lowest BCUT2D eigenvalue weighted by atomic mass is 9.90. The van der Waals surface area contributed by atoms with E-state index in [4.69, 9.17) is 21.1 Å². The van der Waals surface area contributed by atoms with Crippen LogP contribution in [0.25, 0.3) is 0 Å². The van der Waals surface area contributed by atoms with E-state index in [0.717, 1.165) is 5.75 Å². The summed E-state index contributed by atoms with van der Waals surface area (Å²) in [5, 5.41) is 4.76. The smallest absolute Gasteiger partial charge is 0.244 e. The number of ether oxygens (including phenoxy) is 2. The van der Waals surface area contributed by atoms with Gasteiger partial charge in [-0.25, -0.2) is 0 Å². The molecule has 3 heterocycles. The predicted octanol–water partition coefficient (Wildman–Crippen LogP) is 2.08. The number of rotatable bonds is 6. The van der Waals surface area contributed by atoms with Gasteiger partial charge in [-0.1, -0.05) is 11.6 Å². The molecule has 0 aliphatic carbocycles. The maximum absolute atomic E-state index is 12.9. The van der Waals surface area contributed by atoms with E-state index in [2.05, 4.69) is 5.10 Å². The first-order valence-electron chi connectivity index (χ1n) is 10.6. The summed E-state index contributed by atoms with van der Waals surface area (Å²) in [6.07, 6.45) is 4.27. The van der Waals surface area contributed by atoms with Gasteiger partial charge in [-0.2, -0.15) is 5.10 Å². The Morgan fingerprint density at radius 1 is 1.10 bits per heavy atom. The summed E-state index contributed by atoms with van der Waals surface area (Å²) in [5.74, 6) is 0.702. The Morgan fingerprint density at radius 3 is 2.58 bits per heavy atom. The molecule has 0 spiro atoms. The molecule has 9 heteroatoms. The number of hydrogen-bond donors (Lipinski definition) is 0. The van der Waals surface area contributed by atoms with Crippen LogP contribution in [0.2, 0.25) is 5.02 Å². The van der Waals surface area contributed by atoms with Crippen LogP contribution in [0.4, 0.5) is 0 Å². The van der Waals surface area contributed by atoms with Crippen LogP contribution < -0.4 is 4.74 Å². The van der Waals surface area contributed by atoms with E-state index in [1.54, 1.807) is 35.3 Å². The molecule has 31 heavy (non-hydrogen) atoms. The number of likely N-dealkylation sites (tertiary alicyclic amines) is 1. The second kappa shape index (κ2) is 10.2. The lowest BCUT2D eigenvalue weighted by Gasteiger charge is -2.39. The number of amides is 2. The van der Waals surface area contributed by atoms with Crippen LogP contribution in [0.5, 0.6) is 5.75 Å². The van der Waals surface area contributed by atoms with E-state index in [1.807, 2.05) is 21.9 Å². The highest BCUT2D eigenvalue weighted by Crippen LogP contribution is 2.27. The highest BCUT2D eigenvalue weighted by Gasteiger charge is 2.35. The fourth-order valence-electron chi connectivity index (χ4n) is 4.08. The lowest BCUT2D eigenvalue weighted by Crippen LogP contribution is -2.51. The predicted molar refractivity (Wildman–Crippen MR) is 115 cm³/mol. The molecule has 0 N–H and O–H groups in total. The van der Waals surface area contributed by atoms with Gasteiger partial charge in [0, 0.05) is 62.4 Å². The molecule has 0 unspecified atom stereocenters. The number of hydrogen-bond acceptors (Lipinski definition) is 5. The minimum absolute atomic E-state index is 0.00235. The number of aromatic nitrogens is 2. The summed E-state index contributed by atoms with van der Waals surface area (Å²) >= 11 is 5.98. The fraction of sp³-hybridized carbons (Fsp3) is 0.500. The molecule has 2 aliphatic heterocycles. The van der Waals surface area contributed by atoms with Gasteiger partial charge in [-0.15, -0.1) is 0 Å². The summed E-state index contributed by atoms with van der Waals surface area (Å²) in [7, 11) is 0. The molecule has 8 nitrogen and oxygen atoms in total. The Morgan fingerprint density at radius 2 is 1.87 bits per heavy atom. The second-order valence-corrected chi connectivity index (χ2v) is 8.34. The van der Waals surface area contributed by atoms with E-state index < -0.39 is 0 Å². The SMILES string of the molecule is O=C(C[C@H]1CN(C(=O)Cn2cccn2)CC[C@@H]1Oc1ccc(Cl)cc1)N1CCOCC1. The topological polar surface area (TPSA) is 76.9 Å². The van der Waals surface area contributed by atoms with Gasteiger partial charge < -0.3 is 19.3 Å². The van der Waals surface area contributed by atoms with Crippen molar-refractivity contribution < 1.29 is 19.1 Å². The minimum atomic E-state index is -0.153. The van der Waals surface area contributed by atoms with Crippen LogP contribution in [0.15, 0.2) is 42.7 Å². The average molecular weight is 447 g/mol. The molecule has 2 aliphatic rings. The van der Waals surface area contributed by atoms with Crippen LogP contribution in [0.1, 0.15) is 12.8 Å². The minimum Gasteiger partial charge on any atom is -0.490 e. The maximum Gasteiger partial charge on any atom is 0.244 e. The van der Waals surface area contributed by atoms with E-state index in [0.29, 0.717) is 57.3 Å². The van der Waals surface area contributed by atoms with E-state index >= 15 is 0 Å². The standard InChI is InChI=1S/C22H27ClN4O4/c23-18-2-4-19(5-3-18)31-20-6-9-26(22(29)16-27-8-1-7-24-27)15-17(20)14-21(28)25-10-12-30-13-11-25/h1-5,7-8,17,20H,6,9-16H2/t17-,20-/m0/s1. The molecule has 1 aromatic carbocycles. The summed E-state index contributed by atoms with van der Waals surface area (Å²) in [5.41, 5.74) is 0. The first kappa shape index (κ1) is 21.6. The molecule has 2 saturated heterocycles. The highest BCUT2D eigenvalue weighted by molar-refractivity contribution is 6.30. The molecule has 0 radical (unpaired) electrons. The molecule has 2 amide bonds. The van der Waals surface area contributed by atoms with Crippen molar-refractivity contribution in [2.24, 2.45) is 5.92 Å². The largest absolute Gasteiger partial charge is 0.490 e. The second-order valence-electron chi connectivity index (χ2n) is 7.90. The first-order valence-corrected chi connectivity index (χ1v) is 11.0. The number of nitrogens with zero attached hydrogens (tertiary/aromatic N) is 4. The maximum atomic E-state index is 12.9. The number of carbonyl (C=O) groups excluding carboxylic acids is 2. The molecule has 166 valence electrons. The molecule has 2 atom stereocenters. The molecular formula is C22H27ClN4O4. The Kier molecular flexibility index (Phi) is 7.09. The quantitative estimate of drug-likeness (QED) is 0.679. The summed E-state index contributed by atoms with van der Waals surface area (Å²) in [6, 6.07) is 9.03. The lowest BCUT2D eigenvalue weighted by molar-refractivity contribution is -0.141. The van der Waals surface area contributed by atoms with Crippen LogP contribution >= 0.6 is 11.6 Å². The zero-order valence-electron chi connectivity index (χ0n) is 17.4.